The maximum Gasteiger partial charge on any atom is 0.278 e. The van der Waals surface area contributed by atoms with E-state index in [1.165, 1.54) is 0 Å². The number of aromatic amines is 1. The number of aryl methyl sites for hydroxylation is 1. The van der Waals surface area contributed by atoms with Crippen LogP contribution in [-0.4, -0.2) is 23.9 Å². The normalized spacial score (nSPS) is 14.0. The van der Waals surface area contributed by atoms with Crippen LogP contribution in [0.4, 0.5) is 5.69 Å². The molecule has 0 saturated carbocycles. The molecule has 1 aliphatic rings. The van der Waals surface area contributed by atoms with Gasteiger partial charge in [0.05, 0.1) is 22.3 Å². The van der Waals surface area contributed by atoms with Gasteiger partial charge in [-0.15, -0.1) is 0 Å². The number of hydrogen-bond donors (Lipinski definition) is 1. The van der Waals surface area contributed by atoms with Gasteiger partial charge in [-0.2, -0.15) is 0 Å². The molecular weight excluding hydrogens is 324 g/mol. The third-order valence-corrected chi connectivity index (χ3v) is 4.51. The van der Waals surface area contributed by atoms with E-state index >= 15 is 0 Å². The number of nitrogens with zero attached hydrogens (tertiary/aromatic N) is 3. The van der Waals surface area contributed by atoms with Gasteiger partial charge in [0.1, 0.15) is 0 Å². The Kier molecular flexibility index (Phi) is 3.84. The second-order valence-corrected chi connectivity index (χ2v) is 6.59. The summed E-state index contributed by atoms with van der Waals surface area (Å²) in [6.07, 6.45) is 3.86. The molecule has 5 nitrogen and oxygen atoms in total. The quantitative estimate of drug-likeness (QED) is 0.790. The van der Waals surface area contributed by atoms with Crippen molar-refractivity contribution < 1.29 is 0 Å². The Bertz CT molecular complexity index is 1180. The number of allylic oxidation sites excluding steroid dienone is 1. The molecule has 0 saturated heterocycles. The summed E-state index contributed by atoms with van der Waals surface area (Å²) in [6, 6.07) is 15.7. The summed E-state index contributed by atoms with van der Waals surface area (Å²) in [5, 5.41) is 5.14. The van der Waals surface area contributed by atoms with Crippen molar-refractivity contribution in [3.8, 4) is 5.69 Å². The van der Waals surface area contributed by atoms with Crippen LogP contribution in [0.5, 0.6) is 0 Å². The summed E-state index contributed by atoms with van der Waals surface area (Å²) < 4.78 is 1.56. The van der Waals surface area contributed by atoms with Crippen LogP contribution in [-0.2, 0) is 0 Å². The van der Waals surface area contributed by atoms with Gasteiger partial charge in [0.2, 0.25) is 0 Å². The highest BCUT2D eigenvalue weighted by Gasteiger charge is 2.12. The summed E-state index contributed by atoms with van der Waals surface area (Å²) in [6.45, 7) is 1.90. The number of para-hydroxylation sites is 1. The maximum atomic E-state index is 12.8. The van der Waals surface area contributed by atoms with Crippen molar-refractivity contribution in [2.45, 2.75) is 6.92 Å². The number of H-pyrrole nitrogens is 1. The van der Waals surface area contributed by atoms with Gasteiger partial charge in [0.15, 0.2) is 0 Å². The summed E-state index contributed by atoms with van der Waals surface area (Å²) >= 11 is 0. The summed E-state index contributed by atoms with van der Waals surface area (Å²) in [4.78, 5) is 19.5. The highest BCUT2D eigenvalue weighted by Crippen LogP contribution is 2.13. The van der Waals surface area contributed by atoms with Gasteiger partial charge in [0.25, 0.3) is 5.56 Å². The van der Waals surface area contributed by atoms with Gasteiger partial charge >= 0.3 is 0 Å². The van der Waals surface area contributed by atoms with Crippen LogP contribution in [0, 0.1) is 6.92 Å². The van der Waals surface area contributed by atoms with E-state index in [0.29, 0.717) is 5.56 Å². The van der Waals surface area contributed by atoms with Gasteiger partial charge in [-0.05, 0) is 43.3 Å². The van der Waals surface area contributed by atoms with E-state index in [1.54, 1.807) is 4.68 Å². The fraction of sp³-hybridized carbons (Fsp3) is 0.143. The Labute approximate surface area is 151 Å². The molecule has 26 heavy (non-hydrogen) atoms. The zero-order valence-corrected chi connectivity index (χ0v) is 15.0. The first kappa shape index (κ1) is 16.1. The molecule has 0 amide bonds. The zero-order valence-electron chi connectivity index (χ0n) is 15.0. The summed E-state index contributed by atoms with van der Waals surface area (Å²) in [7, 11) is 4.01. The Morgan fingerprint density at radius 3 is 2.62 bits per heavy atom. The van der Waals surface area contributed by atoms with E-state index in [0.717, 1.165) is 33.3 Å². The number of aromatic nitrogens is 2. The maximum absolute atomic E-state index is 12.8. The van der Waals surface area contributed by atoms with Crippen LogP contribution in [0.15, 0.2) is 64.0 Å². The molecule has 2 aromatic carbocycles. The predicted octanol–water partition coefficient (Wildman–Crippen LogP) is 1.99. The van der Waals surface area contributed by atoms with Crippen molar-refractivity contribution in [1.82, 2.24) is 9.78 Å². The molecule has 0 bridgehead atoms. The topological polar surface area (TPSA) is 53.4 Å². The van der Waals surface area contributed by atoms with Crippen LogP contribution in [0.25, 0.3) is 17.8 Å². The Balaban J connectivity index is 1.78. The molecule has 0 unspecified atom stereocenters. The van der Waals surface area contributed by atoms with Crippen LogP contribution >= 0.6 is 0 Å². The third-order valence-electron chi connectivity index (χ3n) is 4.51. The van der Waals surface area contributed by atoms with E-state index < -0.39 is 0 Å². The monoisotopic (exact) mass is 344 g/mol. The molecule has 4 rings (SSSR count). The first-order valence-corrected chi connectivity index (χ1v) is 8.49. The van der Waals surface area contributed by atoms with Crippen molar-refractivity contribution in [3.05, 3.63) is 86.4 Å². The lowest BCUT2D eigenvalue weighted by atomic mass is 10.2. The zero-order chi connectivity index (χ0) is 18.3. The van der Waals surface area contributed by atoms with Gasteiger partial charge in [-0.1, -0.05) is 24.3 Å². The van der Waals surface area contributed by atoms with E-state index in [-0.39, 0.29) is 5.56 Å². The number of fused-ring (bicyclic) bond motifs is 1. The van der Waals surface area contributed by atoms with Gasteiger partial charge in [0, 0.05) is 30.7 Å². The predicted molar refractivity (Wildman–Crippen MR) is 105 cm³/mol. The molecule has 1 aliphatic heterocycles. The molecule has 3 aromatic rings. The minimum atomic E-state index is -0.0743. The molecule has 1 N–H and O–H groups in total. The van der Waals surface area contributed by atoms with E-state index in [2.05, 4.69) is 28.3 Å². The van der Waals surface area contributed by atoms with Gasteiger partial charge in [-0.25, -0.2) is 9.67 Å². The first-order valence-electron chi connectivity index (χ1n) is 8.49. The van der Waals surface area contributed by atoms with Crippen molar-refractivity contribution >= 4 is 17.8 Å². The molecule has 0 fully saturated rings. The molecule has 2 heterocycles. The highest BCUT2D eigenvalue weighted by molar-refractivity contribution is 5.67. The number of benzene rings is 2. The Morgan fingerprint density at radius 1 is 1.12 bits per heavy atom. The molecule has 1 aromatic heterocycles. The van der Waals surface area contributed by atoms with Gasteiger partial charge < -0.3 is 4.90 Å². The molecule has 5 heteroatoms. The minimum absolute atomic E-state index is 0.0743. The SMILES string of the molecule is Cc1[nH]n(-c2ccccc2)c(=O)c1C=C1C=c2ccc(N(C)C)cc2=N1. The largest absolute Gasteiger partial charge is 0.378 e. The summed E-state index contributed by atoms with van der Waals surface area (Å²) in [5.74, 6) is 0. The fourth-order valence-electron chi connectivity index (χ4n) is 3.07. The molecule has 0 radical (unpaired) electrons. The van der Waals surface area contributed by atoms with Crippen molar-refractivity contribution in [2.24, 2.45) is 4.99 Å². The van der Waals surface area contributed by atoms with Gasteiger partial charge in [-0.3, -0.25) is 9.89 Å². The first-order chi connectivity index (χ1) is 12.5. The Morgan fingerprint density at radius 2 is 1.88 bits per heavy atom. The van der Waals surface area contributed by atoms with Crippen LogP contribution in [0.3, 0.4) is 0 Å². The second kappa shape index (κ2) is 6.19. The summed E-state index contributed by atoms with van der Waals surface area (Å²) in [5.41, 5.74) is 4.08. The highest BCUT2D eigenvalue weighted by atomic mass is 16.1. The fourth-order valence-corrected chi connectivity index (χ4v) is 3.07. The third kappa shape index (κ3) is 2.77. The number of rotatable bonds is 3. The van der Waals surface area contributed by atoms with Crippen molar-refractivity contribution in [3.63, 3.8) is 0 Å². The average molecular weight is 344 g/mol. The molecule has 0 atom stereocenters. The smallest absolute Gasteiger partial charge is 0.278 e. The molecule has 0 spiro atoms. The minimum Gasteiger partial charge on any atom is -0.378 e. The standard InChI is InChI=1S/C21H20N4O/c1-14-19(21(26)25(23-14)17-7-5-4-6-8-17)12-16-11-15-9-10-18(24(2)3)13-20(15)22-16/h4-13,23H,1-3H3. The van der Waals surface area contributed by atoms with Crippen LogP contribution < -0.4 is 21.0 Å². The Hall–Kier alpha value is -3.34. The lowest BCUT2D eigenvalue weighted by Crippen LogP contribution is -2.23. The second-order valence-electron chi connectivity index (χ2n) is 6.59. The molecule has 130 valence electrons. The van der Waals surface area contributed by atoms with Crippen molar-refractivity contribution in [2.75, 3.05) is 19.0 Å². The van der Waals surface area contributed by atoms with E-state index in [1.807, 2.05) is 68.4 Å². The number of nitrogens with one attached hydrogen (secondary N) is 1. The lowest BCUT2D eigenvalue weighted by molar-refractivity contribution is 0.835. The average Bonchev–Trinajstić information content (AvgIpc) is 3.17. The van der Waals surface area contributed by atoms with Crippen LogP contribution in [0.2, 0.25) is 0 Å². The molecule has 0 aliphatic carbocycles. The number of hydrogen-bond acceptors (Lipinski definition) is 3. The molecular formula is C21H20N4O. The van der Waals surface area contributed by atoms with Crippen LogP contribution in [0.1, 0.15) is 11.3 Å². The van der Waals surface area contributed by atoms with Crippen molar-refractivity contribution in [1.29, 1.82) is 0 Å². The number of anilines is 1. The lowest BCUT2D eigenvalue weighted by Gasteiger charge is -2.10. The van der Waals surface area contributed by atoms with E-state index in [9.17, 15) is 4.79 Å². The van der Waals surface area contributed by atoms with E-state index in [4.69, 9.17) is 0 Å².